The van der Waals surface area contributed by atoms with E-state index in [9.17, 15) is 14.3 Å². The molecule has 7 nitrogen and oxygen atoms in total. The molecule has 1 fully saturated rings. The molecule has 0 aliphatic carbocycles. The maximum atomic E-state index is 14.6. The fourth-order valence-electron chi connectivity index (χ4n) is 4.43. The van der Waals surface area contributed by atoms with E-state index in [1.54, 1.807) is 17.7 Å². The van der Waals surface area contributed by atoms with Crippen molar-refractivity contribution in [3.8, 4) is 28.5 Å². The maximum Gasteiger partial charge on any atom is 0.263 e. The summed E-state index contributed by atoms with van der Waals surface area (Å²) in [4.78, 5) is 20.6. The molecule has 0 radical (unpaired) electrons. The number of nitriles is 1. The molecule has 0 bridgehead atoms. The first-order valence-corrected chi connectivity index (χ1v) is 11.4. The molecule has 0 unspecified atom stereocenters. The summed E-state index contributed by atoms with van der Waals surface area (Å²) < 4.78 is 16.1. The molecule has 0 saturated carbocycles. The Balaban J connectivity index is 1.88. The number of piperidine rings is 1. The highest BCUT2D eigenvalue weighted by atomic mass is 19.1. The van der Waals surface area contributed by atoms with Crippen molar-refractivity contribution in [1.82, 2.24) is 14.9 Å². The minimum absolute atomic E-state index is 0.0391. The van der Waals surface area contributed by atoms with Gasteiger partial charge in [-0.1, -0.05) is 30.3 Å². The van der Waals surface area contributed by atoms with Gasteiger partial charge in [0.2, 0.25) is 5.95 Å². The minimum Gasteiger partial charge on any atom is -0.396 e. The fourth-order valence-corrected chi connectivity index (χ4v) is 4.43. The highest BCUT2D eigenvalue weighted by Crippen LogP contribution is 2.31. The van der Waals surface area contributed by atoms with Crippen molar-refractivity contribution in [3.63, 3.8) is 0 Å². The van der Waals surface area contributed by atoms with Gasteiger partial charge in [-0.25, -0.2) is 9.37 Å². The van der Waals surface area contributed by atoms with Crippen LogP contribution in [0.15, 0.2) is 47.3 Å². The van der Waals surface area contributed by atoms with Gasteiger partial charge in [0, 0.05) is 38.3 Å². The van der Waals surface area contributed by atoms with E-state index in [1.165, 1.54) is 12.1 Å². The van der Waals surface area contributed by atoms with Crippen LogP contribution in [0.1, 0.15) is 24.0 Å². The van der Waals surface area contributed by atoms with Gasteiger partial charge in [-0.3, -0.25) is 9.36 Å². The summed E-state index contributed by atoms with van der Waals surface area (Å²) in [5.41, 5.74) is 2.52. The topological polar surface area (TPSA) is 94.2 Å². The van der Waals surface area contributed by atoms with Gasteiger partial charge >= 0.3 is 0 Å². The smallest absolute Gasteiger partial charge is 0.263 e. The fraction of sp³-hybridized carbons (Fsp3) is 0.346. The molecule has 176 valence electrons. The number of benzene rings is 2. The SMILES string of the molecule is CNC1CCN(c2nc(-c3ccc(C#N)c(F)c3)c(-c3ccc(CCO)cc3)c(=O)n2C)CC1. The van der Waals surface area contributed by atoms with Crippen LogP contribution in [0, 0.1) is 17.1 Å². The number of hydrogen-bond acceptors (Lipinski definition) is 6. The average molecular weight is 462 g/mol. The summed E-state index contributed by atoms with van der Waals surface area (Å²) in [5.74, 6) is -0.108. The number of anilines is 1. The molecule has 0 spiro atoms. The van der Waals surface area contributed by atoms with Crippen LogP contribution in [-0.4, -0.2) is 47.4 Å². The number of hydrogen-bond donors (Lipinski definition) is 2. The molecule has 3 aromatic rings. The van der Waals surface area contributed by atoms with E-state index in [0.29, 0.717) is 40.8 Å². The average Bonchev–Trinajstić information content (AvgIpc) is 2.86. The van der Waals surface area contributed by atoms with Crippen LogP contribution in [0.2, 0.25) is 0 Å². The van der Waals surface area contributed by atoms with Crippen molar-refractivity contribution < 1.29 is 9.50 Å². The lowest BCUT2D eigenvalue weighted by Gasteiger charge is -2.33. The van der Waals surface area contributed by atoms with E-state index in [2.05, 4.69) is 10.2 Å². The van der Waals surface area contributed by atoms with Crippen molar-refractivity contribution in [3.05, 3.63) is 69.8 Å². The molecular formula is C26H28FN5O2. The van der Waals surface area contributed by atoms with Crippen molar-refractivity contribution in [2.75, 3.05) is 31.6 Å². The summed E-state index contributed by atoms with van der Waals surface area (Å²) in [5, 5.41) is 21.6. The summed E-state index contributed by atoms with van der Waals surface area (Å²) in [6.07, 6.45) is 2.38. The number of nitrogens with one attached hydrogen (secondary N) is 1. The lowest BCUT2D eigenvalue weighted by Crippen LogP contribution is -2.43. The van der Waals surface area contributed by atoms with Crippen LogP contribution in [-0.2, 0) is 13.5 Å². The Morgan fingerprint density at radius 2 is 1.85 bits per heavy atom. The predicted molar refractivity (Wildman–Crippen MR) is 130 cm³/mol. The third-order valence-corrected chi connectivity index (χ3v) is 6.46. The van der Waals surface area contributed by atoms with Crippen LogP contribution in [0.4, 0.5) is 10.3 Å². The number of nitrogens with zero attached hydrogens (tertiary/aromatic N) is 4. The Hall–Kier alpha value is -3.54. The summed E-state index contributed by atoms with van der Waals surface area (Å²) in [6.45, 7) is 1.54. The Morgan fingerprint density at radius 3 is 2.44 bits per heavy atom. The quantitative estimate of drug-likeness (QED) is 0.586. The largest absolute Gasteiger partial charge is 0.396 e. The van der Waals surface area contributed by atoms with Crippen molar-refractivity contribution in [2.45, 2.75) is 25.3 Å². The van der Waals surface area contributed by atoms with E-state index < -0.39 is 5.82 Å². The van der Waals surface area contributed by atoms with Crippen LogP contribution >= 0.6 is 0 Å². The maximum absolute atomic E-state index is 14.6. The molecule has 2 N–H and O–H groups in total. The molecule has 34 heavy (non-hydrogen) atoms. The van der Waals surface area contributed by atoms with E-state index >= 15 is 0 Å². The number of halogens is 1. The number of aliphatic hydroxyl groups is 1. The van der Waals surface area contributed by atoms with Gasteiger partial charge in [0.15, 0.2) is 0 Å². The highest BCUT2D eigenvalue weighted by Gasteiger charge is 2.25. The third-order valence-electron chi connectivity index (χ3n) is 6.46. The summed E-state index contributed by atoms with van der Waals surface area (Å²) in [6, 6.07) is 14.0. The van der Waals surface area contributed by atoms with Gasteiger partial charge in [0.05, 0.1) is 16.8 Å². The molecule has 0 atom stereocenters. The first kappa shape index (κ1) is 23.6. The number of aromatic nitrogens is 2. The standard InChI is InChI=1S/C26H28FN5O2/c1-29-21-9-12-32(13-10-21)26-30-24(19-7-8-20(16-28)22(27)15-19)23(25(34)31(26)2)18-5-3-17(4-6-18)11-14-33/h3-8,15,21,29,33H,9-14H2,1-2H3. The summed E-state index contributed by atoms with van der Waals surface area (Å²) >= 11 is 0. The number of rotatable bonds is 6. The van der Waals surface area contributed by atoms with E-state index in [4.69, 9.17) is 10.2 Å². The summed E-state index contributed by atoms with van der Waals surface area (Å²) in [7, 11) is 3.66. The zero-order chi connectivity index (χ0) is 24.2. The molecule has 4 rings (SSSR count). The van der Waals surface area contributed by atoms with Gasteiger partial charge in [-0.05, 0) is 49.6 Å². The molecule has 1 aliphatic rings. The van der Waals surface area contributed by atoms with Gasteiger partial charge < -0.3 is 15.3 Å². The molecule has 1 saturated heterocycles. The zero-order valence-electron chi connectivity index (χ0n) is 19.4. The van der Waals surface area contributed by atoms with Crippen molar-refractivity contribution >= 4 is 5.95 Å². The Morgan fingerprint density at radius 1 is 1.18 bits per heavy atom. The van der Waals surface area contributed by atoms with Gasteiger partial charge in [0.25, 0.3) is 5.56 Å². The van der Waals surface area contributed by atoms with Crippen LogP contribution in [0.25, 0.3) is 22.4 Å². The van der Waals surface area contributed by atoms with E-state index in [1.807, 2.05) is 37.4 Å². The molecule has 0 amide bonds. The monoisotopic (exact) mass is 461 g/mol. The lowest BCUT2D eigenvalue weighted by atomic mass is 9.98. The molecule has 8 heteroatoms. The highest BCUT2D eigenvalue weighted by molar-refractivity contribution is 5.81. The zero-order valence-corrected chi connectivity index (χ0v) is 19.4. The molecule has 2 aromatic carbocycles. The second-order valence-corrected chi connectivity index (χ2v) is 8.53. The van der Waals surface area contributed by atoms with Crippen molar-refractivity contribution in [2.24, 2.45) is 7.05 Å². The Bertz CT molecular complexity index is 1270. The lowest BCUT2D eigenvalue weighted by molar-refractivity contribution is 0.299. The first-order chi connectivity index (χ1) is 16.5. The van der Waals surface area contributed by atoms with Gasteiger partial charge in [-0.2, -0.15) is 5.26 Å². The second-order valence-electron chi connectivity index (χ2n) is 8.53. The number of aliphatic hydroxyl groups excluding tert-OH is 1. The first-order valence-electron chi connectivity index (χ1n) is 11.4. The normalized spacial score (nSPS) is 14.3. The Labute approximate surface area is 198 Å². The van der Waals surface area contributed by atoms with Gasteiger partial charge in [-0.15, -0.1) is 0 Å². The Kier molecular flexibility index (Phi) is 7.06. The molecular weight excluding hydrogens is 433 g/mol. The second kappa shape index (κ2) is 10.2. The van der Waals surface area contributed by atoms with Crippen molar-refractivity contribution in [1.29, 1.82) is 5.26 Å². The van der Waals surface area contributed by atoms with Gasteiger partial charge in [0.1, 0.15) is 11.9 Å². The molecule has 2 heterocycles. The predicted octanol–water partition coefficient (Wildman–Crippen LogP) is 2.85. The molecule has 1 aliphatic heterocycles. The van der Waals surface area contributed by atoms with Crippen LogP contribution in [0.5, 0.6) is 0 Å². The van der Waals surface area contributed by atoms with Crippen LogP contribution in [0.3, 0.4) is 0 Å². The van der Waals surface area contributed by atoms with E-state index in [0.717, 1.165) is 31.5 Å². The van der Waals surface area contributed by atoms with Crippen LogP contribution < -0.4 is 15.8 Å². The minimum atomic E-state index is -0.650. The van der Waals surface area contributed by atoms with E-state index in [-0.39, 0.29) is 17.7 Å². The molecule has 1 aromatic heterocycles. The third kappa shape index (κ3) is 4.58.